The second kappa shape index (κ2) is 6.67. The lowest BCUT2D eigenvalue weighted by Crippen LogP contribution is -2.12. The Morgan fingerprint density at radius 1 is 0.905 bits per heavy atom. The van der Waals surface area contributed by atoms with Crippen LogP contribution >= 0.6 is 0 Å². The summed E-state index contributed by atoms with van der Waals surface area (Å²) in [5.74, 6) is -1.15. The maximum absolute atomic E-state index is 12.0. The summed E-state index contributed by atoms with van der Waals surface area (Å²) in [4.78, 5) is 22.6. The molecule has 0 saturated heterocycles. The number of aliphatic hydroxyl groups is 1. The Morgan fingerprint density at radius 2 is 1.48 bits per heavy atom. The molecule has 0 fully saturated rings. The highest BCUT2D eigenvalue weighted by molar-refractivity contribution is 6.04. The van der Waals surface area contributed by atoms with Crippen LogP contribution in [0.3, 0.4) is 0 Å². The fourth-order valence-corrected chi connectivity index (χ4v) is 1.85. The molecule has 0 atom stereocenters. The van der Waals surface area contributed by atoms with Gasteiger partial charge in [-0.15, -0.1) is 0 Å². The highest BCUT2D eigenvalue weighted by atomic mass is 16.4. The van der Waals surface area contributed by atoms with Gasteiger partial charge in [0.05, 0.1) is 13.0 Å². The maximum atomic E-state index is 12.0. The predicted molar refractivity (Wildman–Crippen MR) is 78.1 cm³/mol. The van der Waals surface area contributed by atoms with Crippen LogP contribution in [0.25, 0.3) is 0 Å². The number of aliphatic carboxylic acids is 1. The van der Waals surface area contributed by atoms with Gasteiger partial charge in [0, 0.05) is 11.3 Å². The molecule has 0 spiro atoms. The van der Waals surface area contributed by atoms with Crippen molar-refractivity contribution in [1.82, 2.24) is 0 Å². The first-order valence-corrected chi connectivity index (χ1v) is 6.40. The number of carboxylic acid groups (broad SMARTS) is 1. The predicted octanol–water partition coefficient (Wildman–Crippen LogP) is 2.06. The van der Waals surface area contributed by atoms with Crippen molar-refractivity contribution in [3.63, 3.8) is 0 Å². The average molecular weight is 285 g/mol. The summed E-state index contributed by atoms with van der Waals surface area (Å²) in [7, 11) is 0. The van der Waals surface area contributed by atoms with Crippen molar-refractivity contribution in [1.29, 1.82) is 0 Å². The van der Waals surface area contributed by atoms with E-state index in [1.165, 1.54) is 0 Å². The van der Waals surface area contributed by atoms with Gasteiger partial charge >= 0.3 is 5.97 Å². The summed E-state index contributed by atoms with van der Waals surface area (Å²) in [6.45, 7) is -0.0626. The van der Waals surface area contributed by atoms with E-state index in [-0.39, 0.29) is 18.9 Å². The number of rotatable bonds is 5. The third-order valence-corrected chi connectivity index (χ3v) is 2.97. The van der Waals surface area contributed by atoms with Gasteiger partial charge in [-0.2, -0.15) is 0 Å². The van der Waals surface area contributed by atoms with Crippen LogP contribution in [0.5, 0.6) is 0 Å². The van der Waals surface area contributed by atoms with Gasteiger partial charge in [-0.3, -0.25) is 9.59 Å². The first-order chi connectivity index (χ1) is 10.1. The van der Waals surface area contributed by atoms with E-state index in [9.17, 15) is 9.59 Å². The van der Waals surface area contributed by atoms with Crippen molar-refractivity contribution < 1.29 is 19.8 Å². The zero-order chi connectivity index (χ0) is 15.2. The molecule has 0 aliphatic carbocycles. The highest BCUT2D eigenvalue weighted by Crippen LogP contribution is 2.12. The number of carbonyl (C=O) groups is 2. The zero-order valence-electron chi connectivity index (χ0n) is 11.2. The minimum atomic E-state index is -0.893. The largest absolute Gasteiger partial charge is 0.481 e. The molecule has 1 amide bonds. The van der Waals surface area contributed by atoms with Gasteiger partial charge in [-0.1, -0.05) is 24.3 Å². The van der Waals surface area contributed by atoms with E-state index in [4.69, 9.17) is 10.2 Å². The average Bonchev–Trinajstić information content (AvgIpc) is 2.49. The van der Waals surface area contributed by atoms with E-state index in [0.717, 1.165) is 5.56 Å². The number of amides is 1. The molecule has 5 heteroatoms. The summed E-state index contributed by atoms with van der Waals surface area (Å²) in [6.07, 6.45) is -0.0448. The normalized spacial score (nSPS) is 10.1. The van der Waals surface area contributed by atoms with Gasteiger partial charge in [0.1, 0.15) is 0 Å². The molecule has 0 bridgehead atoms. The summed E-state index contributed by atoms with van der Waals surface area (Å²) in [5.41, 5.74) is 2.50. The minimum absolute atomic E-state index is 0.0448. The monoisotopic (exact) mass is 285 g/mol. The van der Waals surface area contributed by atoms with Crippen molar-refractivity contribution in [2.45, 2.75) is 13.0 Å². The topological polar surface area (TPSA) is 86.6 Å². The standard InChI is InChI=1S/C16H15NO4/c18-10-12-1-5-13(6-2-12)16(21)17-14-7-3-11(4-8-14)9-15(19)20/h1-8,18H,9-10H2,(H,17,21)(H,19,20). The van der Waals surface area contributed by atoms with E-state index in [2.05, 4.69) is 5.32 Å². The molecule has 2 aromatic carbocycles. The molecule has 108 valence electrons. The third kappa shape index (κ3) is 4.15. The molecule has 2 rings (SSSR count). The molecule has 0 aromatic heterocycles. The summed E-state index contributed by atoms with van der Waals surface area (Å²) < 4.78 is 0. The van der Waals surface area contributed by atoms with Crippen LogP contribution in [0.1, 0.15) is 21.5 Å². The SMILES string of the molecule is O=C(O)Cc1ccc(NC(=O)c2ccc(CO)cc2)cc1. The Hall–Kier alpha value is -2.66. The third-order valence-electron chi connectivity index (χ3n) is 2.97. The fraction of sp³-hybridized carbons (Fsp3) is 0.125. The molecular formula is C16H15NO4. The quantitative estimate of drug-likeness (QED) is 0.784. The van der Waals surface area contributed by atoms with Gasteiger partial charge < -0.3 is 15.5 Å². The van der Waals surface area contributed by atoms with Gasteiger partial charge in [-0.25, -0.2) is 0 Å². The number of anilines is 1. The molecule has 0 heterocycles. The second-order valence-electron chi connectivity index (χ2n) is 4.58. The van der Waals surface area contributed by atoms with E-state index in [1.807, 2.05) is 0 Å². The molecule has 21 heavy (non-hydrogen) atoms. The Bertz CT molecular complexity index is 632. The van der Waals surface area contributed by atoms with Gasteiger partial charge in [0.25, 0.3) is 5.91 Å². The maximum Gasteiger partial charge on any atom is 0.307 e. The van der Waals surface area contributed by atoms with Gasteiger partial charge in [0.2, 0.25) is 0 Å². The molecule has 0 radical (unpaired) electrons. The molecule has 3 N–H and O–H groups in total. The number of nitrogens with one attached hydrogen (secondary N) is 1. The lowest BCUT2D eigenvalue weighted by Gasteiger charge is -2.06. The molecule has 0 unspecified atom stereocenters. The lowest BCUT2D eigenvalue weighted by atomic mass is 10.1. The Balaban J connectivity index is 2.03. The van der Waals surface area contributed by atoms with Crippen LogP contribution in [0.4, 0.5) is 5.69 Å². The molecule has 5 nitrogen and oxygen atoms in total. The smallest absolute Gasteiger partial charge is 0.307 e. The Labute approximate surface area is 121 Å². The number of hydrogen-bond donors (Lipinski definition) is 3. The highest BCUT2D eigenvalue weighted by Gasteiger charge is 2.06. The van der Waals surface area contributed by atoms with Crippen LogP contribution in [0, 0.1) is 0 Å². The molecular weight excluding hydrogens is 270 g/mol. The van der Waals surface area contributed by atoms with Crippen LogP contribution in [0.15, 0.2) is 48.5 Å². The van der Waals surface area contributed by atoms with E-state index in [1.54, 1.807) is 48.5 Å². The van der Waals surface area contributed by atoms with Crippen LogP contribution < -0.4 is 5.32 Å². The van der Waals surface area contributed by atoms with Gasteiger partial charge in [-0.05, 0) is 35.4 Å². The van der Waals surface area contributed by atoms with Crippen molar-refractivity contribution in [2.24, 2.45) is 0 Å². The number of benzene rings is 2. The molecule has 0 saturated carbocycles. The first kappa shape index (κ1) is 14.7. The first-order valence-electron chi connectivity index (χ1n) is 6.40. The van der Waals surface area contributed by atoms with E-state index >= 15 is 0 Å². The Kier molecular flexibility index (Phi) is 4.68. The van der Waals surface area contributed by atoms with Crippen LogP contribution in [-0.4, -0.2) is 22.1 Å². The van der Waals surface area contributed by atoms with Crippen LogP contribution in [-0.2, 0) is 17.8 Å². The summed E-state index contributed by atoms with van der Waals surface area (Å²) in [6, 6.07) is 13.3. The van der Waals surface area contributed by atoms with Crippen molar-refractivity contribution >= 4 is 17.6 Å². The van der Waals surface area contributed by atoms with Crippen molar-refractivity contribution in [2.75, 3.05) is 5.32 Å². The minimum Gasteiger partial charge on any atom is -0.481 e. The van der Waals surface area contributed by atoms with Crippen molar-refractivity contribution in [3.05, 3.63) is 65.2 Å². The summed E-state index contributed by atoms with van der Waals surface area (Å²) in [5, 5.41) is 20.4. The van der Waals surface area contributed by atoms with Gasteiger partial charge in [0.15, 0.2) is 0 Å². The lowest BCUT2D eigenvalue weighted by molar-refractivity contribution is -0.136. The Morgan fingerprint density at radius 3 is 2.00 bits per heavy atom. The van der Waals surface area contributed by atoms with Crippen molar-refractivity contribution in [3.8, 4) is 0 Å². The second-order valence-corrected chi connectivity index (χ2v) is 4.58. The number of carbonyl (C=O) groups excluding carboxylic acids is 1. The molecule has 0 aliphatic rings. The van der Waals surface area contributed by atoms with Crippen LogP contribution in [0.2, 0.25) is 0 Å². The van der Waals surface area contributed by atoms with E-state index < -0.39 is 5.97 Å². The van der Waals surface area contributed by atoms with E-state index in [0.29, 0.717) is 16.8 Å². The number of carboxylic acids is 1. The molecule has 2 aromatic rings. The number of hydrogen-bond acceptors (Lipinski definition) is 3. The summed E-state index contributed by atoms with van der Waals surface area (Å²) >= 11 is 0. The number of aliphatic hydroxyl groups excluding tert-OH is 1. The zero-order valence-corrected chi connectivity index (χ0v) is 11.2. The fourth-order valence-electron chi connectivity index (χ4n) is 1.85. The molecule has 0 aliphatic heterocycles.